The van der Waals surface area contributed by atoms with Gasteiger partial charge in [-0.05, 0) is 31.5 Å². The second kappa shape index (κ2) is 9.20. The number of ether oxygens (including phenoxy) is 1. The third-order valence-corrected chi connectivity index (χ3v) is 4.84. The standard InChI is InChI=1S/C22H23F3N4O2/c1-4-29(15(2)14-31-20-10-9-17(12-26-20)22(23,24)25)21(30)19-8-6-5-7-18(19)16-11-27-28(3)13-16/h5-13,15H,4,14H2,1-3H3/t15-/m0/s1. The average molecular weight is 432 g/mol. The van der Waals surface area contributed by atoms with E-state index in [1.165, 1.54) is 6.07 Å². The van der Waals surface area contributed by atoms with Gasteiger partial charge in [0.05, 0.1) is 17.8 Å². The van der Waals surface area contributed by atoms with E-state index in [1.807, 2.05) is 32.2 Å². The number of nitrogens with zero attached hydrogens (tertiary/aromatic N) is 4. The number of hydrogen-bond donors (Lipinski definition) is 0. The quantitative estimate of drug-likeness (QED) is 0.554. The summed E-state index contributed by atoms with van der Waals surface area (Å²) in [5.41, 5.74) is 1.30. The second-order valence-corrected chi connectivity index (χ2v) is 7.08. The Hall–Kier alpha value is -3.36. The largest absolute Gasteiger partial charge is 0.475 e. The molecular formula is C22H23F3N4O2. The van der Waals surface area contributed by atoms with Crippen LogP contribution in [0.15, 0.2) is 55.0 Å². The van der Waals surface area contributed by atoms with Crippen molar-refractivity contribution >= 4 is 5.91 Å². The van der Waals surface area contributed by atoms with E-state index in [2.05, 4.69) is 10.1 Å². The minimum Gasteiger partial charge on any atom is -0.475 e. The molecule has 1 aromatic carbocycles. The number of aromatic nitrogens is 3. The van der Waals surface area contributed by atoms with Crippen LogP contribution in [0, 0.1) is 0 Å². The number of carbonyl (C=O) groups excluding carboxylic acids is 1. The summed E-state index contributed by atoms with van der Waals surface area (Å²) in [5, 5.41) is 4.17. The molecule has 0 unspecified atom stereocenters. The van der Waals surface area contributed by atoms with E-state index in [0.29, 0.717) is 12.1 Å². The summed E-state index contributed by atoms with van der Waals surface area (Å²) < 4.78 is 45.2. The summed E-state index contributed by atoms with van der Waals surface area (Å²) in [4.78, 5) is 18.6. The van der Waals surface area contributed by atoms with Gasteiger partial charge in [-0.2, -0.15) is 18.3 Å². The van der Waals surface area contributed by atoms with Crippen LogP contribution in [0.25, 0.3) is 11.1 Å². The van der Waals surface area contributed by atoms with Gasteiger partial charge < -0.3 is 9.64 Å². The van der Waals surface area contributed by atoms with Gasteiger partial charge in [-0.3, -0.25) is 9.48 Å². The molecule has 1 atom stereocenters. The molecule has 0 radical (unpaired) electrons. The van der Waals surface area contributed by atoms with Crippen molar-refractivity contribution in [2.24, 2.45) is 7.05 Å². The van der Waals surface area contributed by atoms with Crippen molar-refractivity contribution in [1.29, 1.82) is 0 Å². The smallest absolute Gasteiger partial charge is 0.417 e. The number of benzene rings is 1. The molecule has 2 aromatic heterocycles. The fourth-order valence-electron chi connectivity index (χ4n) is 3.22. The van der Waals surface area contributed by atoms with Gasteiger partial charge in [0.15, 0.2) is 0 Å². The molecule has 0 fully saturated rings. The van der Waals surface area contributed by atoms with Crippen LogP contribution in [0.5, 0.6) is 5.88 Å². The lowest BCUT2D eigenvalue weighted by Gasteiger charge is -2.28. The van der Waals surface area contributed by atoms with Gasteiger partial charge in [0.25, 0.3) is 5.91 Å². The highest BCUT2D eigenvalue weighted by Crippen LogP contribution is 2.29. The number of halogens is 3. The summed E-state index contributed by atoms with van der Waals surface area (Å²) in [6.07, 6.45) is -0.185. The summed E-state index contributed by atoms with van der Waals surface area (Å²) in [7, 11) is 1.81. The SMILES string of the molecule is CCN(C(=O)c1ccccc1-c1cnn(C)c1)[C@@H](C)COc1ccc(C(F)(F)F)cn1. The normalized spacial score (nSPS) is 12.5. The number of carbonyl (C=O) groups is 1. The van der Waals surface area contributed by atoms with Crippen molar-refractivity contribution in [3.63, 3.8) is 0 Å². The van der Waals surface area contributed by atoms with E-state index < -0.39 is 11.7 Å². The number of rotatable bonds is 7. The van der Waals surface area contributed by atoms with Crippen molar-refractivity contribution in [3.05, 3.63) is 66.1 Å². The summed E-state index contributed by atoms with van der Waals surface area (Å²) in [6, 6.07) is 9.05. The van der Waals surface area contributed by atoms with Crippen molar-refractivity contribution in [1.82, 2.24) is 19.7 Å². The maximum absolute atomic E-state index is 13.3. The molecule has 1 amide bonds. The molecule has 2 heterocycles. The molecule has 0 saturated carbocycles. The van der Waals surface area contributed by atoms with E-state index >= 15 is 0 Å². The fourth-order valence-corrected chi connectivity index (χ4v) is 3.22. The van der Waals surface area contributed by atoms with Gasteiger partial charge in [-0.1, -0.05) is 18.2 Å². The first-order valence-corrected chi connectivity index (χ1v) is 9.75. The molecule has 0 spiro atoms. The third-order valence-electron chi connectivity index (χ3n) is 4.84. The minimum atomic E-state index is -4.45. The fraction of sp³-hybridized carbons (Fsp3) is 0.318. The van der Waals surface area contributed by atoms with Gasteiger partial charge in [0.2, 0.25) is 5.88 Å². The Balaban J connectivity index is 1.72. The van der Waals surface area contributed by atoms with Crippen molar-refractivity contribution < 1.29 is 22.7 Å². The van der Waals surface area contributed by atoms with Gasteiger partial charge in [-0.25, -0.2) is 4.98 Å². The predicted octanol–water partition coefficient (Wildman–Crippen LogP) is 4.43. The first-order chi connectivity index (χ1) is 14.7. The number of aryl methyl sites for hydroxylation is 1. The lowest BCUT2D eigenvalue weighted by molar-refractivity contribution is -0.137. The Bertz CT molecular complexity index is 1030. The molecule has 6 nitrogen and oxygen atoms in total. The second-order valence-electron chi connectivity index (χ2n) is 7.08. The van der Waals surface area contributed by atoms with Gasteiger partial charge in [-0.15, -0.1) is 0 Å². The molecule has 0 aliphatic carbocycles. The Morgan fingerprint density at radius 2 is 1.94 bits per heavy atom. The molecule has 0 aliphatic heterocycles. The molecular weight excluding hydrogens is 409 g/mol. The monoisotopic (exact) mass is 432 g/mol. The van der Waals surface area contributed by atoms with E-state index in [4.69, 9.17) is 4.74 Å². The van der Waals surface area contributed by atoms with Crippen LogP contribution in [0.1, 0.15) is 29.8 Å². The van der Waals surface area contributed by atoms with Crippen LogP contribution < -0.4 is 4.74 Å². The van der Waals surface area contributed by atoms with Crippen molar-refractivity contribution in [2.45, 2.75) is 26.1 Å². The van der Waals surface area contributed by atoms with Gasteiger partial charge in [0, 0.05) is 43.2 Å². The Kier molecular flexibility index (Phi) is 6.62. The van der Waals surface area contributed by atoms with Crippen LogP contribution >= 0.6 is 0 Å². The maximum Gasteiger partial charge on any atom is 0.417 e. The zero-order valence-corrected chi connectivity index (χ0v) is 17.4. The van der Waals surface area contributed by atoms with Crippen LogP contribution in [-0.2, 0) is 13.2 Å². The summed E-state index contributed by atoms with van der Waals surface area (Å²) in [5.74, 6) is -0.0995. The van der Waals surface area contributed by atoms with Gasteiger partial charge in [0.1, 0.15) is 6.61 Å². The average Bonchev–Trinajstić information content (AvgIpc) is 3.18. The number of amides is 1. The molecule has 164 valence electrons. The molecule has 3 aromatic rings. The molecule has 0 N–H and O–H groups in total. The summed E-state index contributed by atoms with van der Waals surface area (Å²) >= 11 is 0. The van der Waals surface area contributed by atoms with Gasteiger partial charge >= 0.3 is 6.18 Å². The lowest BCUT2D eigenvalue weighted by Crippen LogP contribution is -2.42. The maximum atomic E-state index is 13.3. The van der Waals surface area contributed by atoms with E-state index in [-0.39, 0.29) is 24.4 Å². The third kappa shape index (κ3) is 5.22. The van der Waals surface area contributed by atoms with E-state index in [1.54, 1.807) is 35.0 Å². The van der Waals surface area contributed by atoms with Crippen LogP contribution in [0.3, 0.4) is 0 Å². The zero-order chi connectivity index (χ0) is 22.6. The minimum absolute atomic E-state index is 0.0686. The van der Waals surface area contributed by atoms with Crippen molar-refractivity contribution in [3.8, 4) is 17.0 Å². The van der Waals surface area contributed by atoms with Crippen LogP contribution in [0.4, 0.5) is 13.2 Å². The lowest BCUT2D eigenvalue weighted by atomic mass is 10.0. The van der Waals surface area contributed by atoms with E-state index in [9.17, 15) is 18.0 Å². The molecule has 0 aliphatic rings. The Labute approximate surface area is 178 Å². The van der Waals surface area contributed by atoms with Crippen LogP contribution in [-0.4, -0.2) is 44.8 Å². The highest BCUT2D eigenvalue weighted by molar-refractivity contribution is 6.00. The Morgan fingerprint density at radius 3 is 2.52 bits per heavy atom. The highest BCUT2D eigenvalue weighted by atomic mass is 19.4. The molecule has 9 heteroatoms. The van der Waals surface area contributed by atoms with Crippen molar-refractivity contribution in [2.75, 3.05) is 13.2 Å². The molecule has 3 rings (SSSR count). The number of likely N-dealkylation sites (N-methyl/N-ethyl adjacent to an activating group) is 1. The predicted molar refractivity (Wildman–Crippen MR) is 110 cm³/mol. The first-order valence-electron chi connectivity index (χ1n) is 9.75. The Morgan fingerprint density at radius 1 is 1.19 bits per heavy atom. The topological polar surface area (TPSA) is 60.2 Å². The molecule has 31 heavy (non-hydrogen) atoms. The zero-order valence-electron chi connectivity index (χ0n) is 17.4. The number of hydrogen-bond acceptors (Lipinski definition) is 4. The molecule has 0 saturated heterocycles. The van der Waals surface area contributed by atoms with E-state index in [0.717, 1.165) is 23.4 Å². The molecule has 0 bridgehead atoms. The highest BCUT2D eigenvalue weighted by Gasteiger charge is 2.31. The summed E-state index contributed by atoms with van der Waals surface area (Å²) in [6.45, 7) is 4.20. The van der Waals surface area contributed by atoms with Crippen LogP contribution in [0.2, 0.25) is 0 Å². The first kappa shape index (κ1) is 22.3. The number of alkyl halides is 3. The number of pyridine rings is 1.